The second-order valence-corrected chi connectivity index (χ2v) is 10.9. The van der Waals surface area contributed by atoms with Crippen molar-refractivity contribution in [1.82, 2.24) is 10.3 Å². The summed E-state index contributed by atoms with van der Waals surface area (Å²) in [6.45, 7) is 0.421. The van der Waals surface area contributed by atoms with Crippen molar-refractivity contribution in [2.75, 3.05) is 18.1 Å². The number of amides is 1. The zero-order valence-electron chi connectivity index (χ0n) is 19.8. The van der Waals surface area contributed by atoms with Crippen LogP contribution in [0.5, 0.6) is 5.75 Å². The molecule has 2 aliphatic heterocycles. The Morgan fingerprint density at radius 1 is 1.03 bits per heavy atom. The number of hydrogen-bond donors (Lipinski definition) is 1. The van der Waals surface area contributed by atoms with Crippen LogP contribution >= 0.6 is 0 Å². The number of pyridine rings is 1. The highest BCUT2D eigenvalue weighted by molar-refractivity contribution is 7.86. The second-order valence-electron chi connectivity index (χ2n) is 9.32. The van der Waals surface area contributed by atoms with Crippen molar-refractivity contribution in [3.63, 3.8) is 0 Å². The number of carbonyl (C=O) groups excluding carboxylic acids is 1. The Balaban J connectivity index is 1.49. The average molecular weight is 541 g/mol. The fourth-order valence-corrected chi connectivity index (χ4v) is 6.30. The number of benzene rings is 3. The number of ether oxygens (including phenoxy) is 1. The van der Waals surface area contributed by atoms with Gasteiger partial charge in [0.25, 0.3) is 5.91 Å². The van der Waals surface area contributed by atoms with E-state index in [0.29, 0.717) is 41.9 Å². The lowest BCUT2D eigenvalue weighted by Crippen LogP contribution is -2.35. The molecule has 3 aromatic carbocycles. The number of rotatable bonds is 4. The van der Waals surface area contributed by atoms with E-state index < -0.39 is 51.1 Å². The van der Waals surface area contributed by atoms with Gasteiger partial charge in [-0.15, -0.1) is 0 Å². The van der Waals surface area contributed by atoms with Crippen LogP contribution in [-0.4, -0.2) is 33.2 Å². The quantitative estimate of drug-likeness (QED) is 0.272. The van der Waals surface area contributed by atoms with Crippen LogP contribution in [0.4, 0.5) is 17.6 Å². The van der Waals surface area contributed by atoms with Crippen molar-refractivity contribution in [3.05, 3.63) is 94.7 Å². The standard InChI is InChI=1S/C28H20F4N2O3S/c29-15-9-18(26(32)21(31)10-15)25-20(30)6-5-17-24(14-12-38(36)13-14)19(11-33-27(17)25)28(35)34-22-7-8-37-23-4-2-1-3-16(22)23/h1-6,9-11,14,22H,7-8,12-13H2,(H,34,35). The number of carbonyl (C=O) groups is 1. The minimum atomic E-state index is -1.46. The largest absolute Gasteiger partial charge is 0.493 e. The lowest BCUT2D eigenvalue weighted by molar-refractivity contribution is 0.0923. The van der Waals surface area contributed by atoms with E-state index in [-0.39, 0.29) is 34.5 Å². The van der Waals surface area contributed by atoms with Gasteiger partial charge in [0.15, 0.2) is 11.6 Å². The van der Waals surface area contributed by atoms with Gasteiger partial charge in [0.1, 0.15) is 17.4 Å². The van der Waals surface area contributed by atoms with E-state index in [4.69, 9.17) is 4.74 Å². The maximum Gasteiger partial charge on any atom is 0.253 e. The number of hydrogen-bond acceptors (Lipinski definition) is 4. The van der Waals surface area contributed by atoms with Crippen LogP contribution in [0.3, 0.4) is 0 Å². The molecule has 0 saturated carbocycles. The summed E-state index contributed by atoms with van der Waals surface area (Å²) >= 11 is 0. The molecule has 0 bridgehead atoms. The Bertz CT molecular complexity index is 1640. The number of fused-ring (bicyclic) bond motifs is 2. The van der Waals surface area contributed by atoms with Crippen molar-refractivity contribution >= 4 is 27.6 Å². The van der Waals surface area contributed by atoms with Crippen molar-refractivity contribution in [1.29, 1.82) is 0 Å². The van der Waals surface area contributed by atoms with Gasteiger partial charge in [0.2, 0.25) is 0 Å². The molecule has 1 atom stereocenters. The molecule has 4 aromatic rings. The van der Waals surface area contributed by atoms with E-state index in [0.717, 1.165) is 11.6 Å². The van der Waals surface area contributed by atoms with Gasteiger partial charge in [-0.2, -0.15) is 0 Å². The maximum atomic E-state index is 15.1. The number of nitrogens with one attached hydrogen (secondary N) is 1. The van der Waals surface area contributed by atoms with E-state index in [2.05, 4.69) is 10.3 Å². The molecule has 1 amide bonds. The highest BCUT2D eigenvalue weighted by Gasteiger charge is 2.34. The van der Waals surface area contributed by atoms with Crippen LogP contribution in [-0.2, 0) is 10.8 Å². The molecule has 1 saturated heterocycles. The first-order valence-electron chi connectivity index (χ1n) is 12.0. The van der Waals surface area contributed by atoms with Gasteiger partial charge in [-0.25, -0.2) is 17.6 Å². The number of nitrogens with zero attached hydrogens (tertiary/aromatic N) is 1. The van der Waals surface area contributed by atoms with E-state index in [1.807, 2.05) is 24.3 Å². The molecule has 38 heavy (non-hydrogen) atoms. The van der Waals surface area contributed by atoms with Gasteiger partial charge >= 0.3 is 0 Å². The molecule has 0 aliphatic carbocycles. The van der Waals surface area contributed by atoms with Gasteiger partial charge in [-0.1, -0.05) is 18.2 Å². The maximum absolute atomic E-state index is 15.1. The van der Waals surface area contributed by atoms with Crippen LogP contribution in [0.15, 0.2) is 54.7 Å². The van der Waals surface area contributed by atoms with Crippen LogP contribution in [0, 0.1) is 23.3 Å². The SMILES string of the molecule is O=C(NC1CCOc2ccccc21)c1cnc2c(-c3cc(F)cc(F)c3F)c(F)ccc2c1C1CS(=O)C1. The second kappa shape index (κ2) is 9.50. The van der Waals surface area contributed by atoms with Crippen molar-refractivity contribution in [2.24, 2.45) is 0 Å². The lowest BCUT2D eigenvalue weighted by Gasteiger charge is -2.30. The van der Waals surface area contributed by atoms with Crippen LogP contribution in [0.1, 0.15) is 39.9 Å². The Kier molecular flexibility index (Phi) is 6.14. The molecular weight excluding hydrogens is 520 g/mol. The third kappa shape index (κ3) is 4.13. The molecule has 10 heteroatoms. The van der Waals surface area contributed by atoms with Gasteiger partial charge in [-0.3, -0.25) is 14.0 Å². The van der Waals surface area contributed by atoms with Crippen molar-refractivity contribution < 1.29 is 31.3 Å². The highest BCUT2D eigenvalue weighted by atomic mass is 32.2. The summed E-state index contributed by atoms with van der Waals surface area (Å²) in [7, 11) is -1.08. The summed E-state index contributed by atoms with van der Waals surface area (Å²) in [4.78, 5) is 17.9. The van der Waals surface area contributed by atoms with Crippen LogP contribution in [0.2, 0.25) is 0 Å². The Hall–Kier alpha value is -3.79. The molecule has 0 radical (unpaired) electrons. The molecule has 1 N–H and O–H groups in total. The first-order chi connectivity index (χ1) is 18.3. The van der Waals surface area contributed by atoms with E-state index >= 15 is 4.39 Å². The topological polar surface area (TPSA) is 68.3 Å². The molecule has 3 heterocycles. The fourth-order valence-electron chi connectivity index (χ4n) is 5.17. The summed E-state index contributed by atoms with van der Waals surface area (Å²) < 4.78 is 75.4. The number of halogens is 4. The molecule has 6 rings (SSSR count). The fraction of sp³-hybridized carbons (Fsp3) is 0.214. The van der Waals surface area contributed by atoms with Crippen molar-refractivity contribution in [2.45, 2.75) is 18.4 Å². The zero-order valence-corrected chi connectivity index (χ0v) is 20.6. The summed E-state index contributed by atoms with van der Waals surface area (Å²) in [6.07, 6.45) is 1.81. The molecule has 5 nitrogen and oxygen atoms in total. The third-order valence-corrected chi connectivity index (χ3v) is 8.53. The smallest absolute Gasteiger partial charge is 0.253 e. The molecular formula is C28H20F4N2O3S. The molecule has 1 fully saturated rings. The molecule has 1 aromatic heterocycles. The van der Waals surface area contributed by atoms with E-state index in [9.17, 15) is 22.2 Å². The summed E-state index contributed by atoms with van der Waals surface area (Å²) in [5, 5.41) is 3.35. The molecule has 0 spiro atoms. The first kappa shape index (κ1) is 24.5. The highest BCUT2D eigenvalue weighted by Crippen LogP contribution is 2.40. The normalized spacial score (nSPS) is 20.4. The Morgan fingerprint density at radius 3 is 2.61 bits per heavy atom. The van der Waals surface area contributed by atoms with E-state index in [1.54, 1.807) is 0 Å². The summed E-state index contributed by atoms with van der Waals surface area (Å²) in [5.74, 6) is -4.33. The van der Waals surface area contributed by atoms with Crippen LogP contribution in [0.25, 0.3) is 22.0 Å². The summed E-state index contributed by atoms with van der Waals surface area (Å²) in [5.41, 5.74) is 0.468. The number of aromatic nitrogens is 1. The monoisotopic (exact) mass is 540 g/mol. The van der Waals surface area contributed by atoms with Gasteiger partial charge in [0.05, 0.1) is 23.7 Å². The Labute approximate surface area is 217 Å². The number of para-hydroxylation sites is 1. The first-order valence-corrected chi connectivity index (χ1v) is 13.4. The van der Waals surface area contributed by atoms with Gasteiger partial charge in [0, 0.05) is 69.0 Å². The zero-order chi connectivity index (χ0) is 26.6. The minimum absolute atomic E-state index is 0.0467. The van der Waals surface area contributed by atoms with Gasteiger partial charge < -0.3 is 10.1 Å². The molecule has 2 aliphatic rings. The summed E-state index contributed by atoms with van der Waals surface area (Å²) in [6, 6.07) is 10.6. The minimum Gasteiger partial charge on any atom is -0.493 e. The predicted molar refractivity (Wildman–Crippen MR) is 134 cm³/mol. The molecule has 1 unspecified atom stereocenters. The van der Waals surface area contributed by atoms with E-state index in [1.165, 1.54) is 12.3 Å². The molecule has 194 valence electrons. The Morgan fingerprint density at radius 2 is 1.82 bits per heavy atom. The van der Waals surface area contributed by atoms with Crippen LogP contribution < -0.4 is 10.1 Å². The van der Waals surface area contributed by atoms with Gasteiger partial charge in [-0.05, 0) is 29.8 Å². The third-order valence-electron chi connectivity index (χ3n) is 6.98. The predicted octanol–water partition coefficient (Wildman–Crippen LogP) is 5.56. The lowest BCUT2D eigenvalue weighted by atomic mass is 9.90. The van der Waals surface area contributed by atoms with Crippen molar-refractivity contribution in [3.8, 4) is 16.9 Å². The average Bonchev–Trinajstić information content (AvgIpc) is 2.88.